The number of benzene rings is 1. The molecule has 0 saturated carbocycles. The number of carbonyl (C=O) groups is 2. The molecule has 1 aliphatic heterocycles. The van der Waals surface area contributed by atoms with Gasteiger partial charge in [0.2, 0.25) is 10.0 Å². The van der Waals surface area contributed by atoms with Gasteiger partial charge in [0.15, 0.2) is 6.61 Å². The highest BCUT2D eigenvalue weighted by Crippen LogP contribution is 2.25. The summed E-state index contributed by atoms with van der Waals surface area (Å²) in [5.74, 6) is -1.30. The Bertz CT molecular complexity index is 797. The van der Waals surface area contributed by atoms with E-state index in [4.69, 9.17) is 14.2 Å². The molecule has 0 aliphatic carbocycles. The summed E-state index contributed by atoms with van der Waals surface area (Å²) in [6, 6.07) is 6.09. The van der Waals surface area contributed by atoms with E-state index in [1.54, 1.807) is 32.9 Å². The Balaban J connectivity index is 1.98. The van der Waals surface area contributed by atoms with E-state index >= 15 is 0 Å². The van der Waals surface area contributed by atoms with Gasteiger partial charge in [-0.15, -0.1) is 0 Å². The monoisotopic (exact) mass is 413 g/mol. The van der Waals surface area contributed by atoms with Gasteiger partial charge in [0.05, 0.1) is 17.9 Å². The summed E-state index contributed by atoms with van der Waals surface area (Å²) in [5, 5.41) is 0. The SMILES string of the molecule is COc1ccc(S(=O)(=O)N2CCCC(C(=O)OCC(=O)OC(C)(C)C)C2)cc1. The second-order valence-electron chi connectivity index (χ2n) is 7.57. The summed E-state index contributed by atoms with van der Waals surface area (Å²) in [5.41, 5.74) is -0.669. The van der Waals surface area contributed by atoms with Crippen LogP contribution in [0.2, 0.25) is 0 Å². The summed E-state index contributed by atoms with van der Waals surface area (Å²) in [6.07, 6.45) is 1.03. The minimum absolute atomic E-state index is 0.0154. The molecule has 1 aromatic carbocycles. The molecule has 1 saturated heterocycles. The highest BCUT2D eigenvalue weighted by Gasteiger charge is 2.34. The summed E-state index contributed by atoms with van der Waals surface area (Å²) in [6.45, 7) is 5.00. The minimum Gasteiger partial charge on any atom is -0.497 e. The van der Waals surface area contributed by atoms with Crippen molar-refractivity contribution in [2.24, 2.45) is 5.92 Å². The van der Waals surface area contributed by atoms with E-state index in [0.717, 1.165) is 0 Å². The lowest BCUT2D eigenvalue weighted by Crippen LogP contribution is -2.43. The van der Waals surface area contributed by atoms with Crippen molar-refractivity contribution in [1.29, 1.82) is 0 Å². The van der Waals surface area contributed by atoms with Crippen molar-refractivity contribution >= 4 is 22.0 Å². The van der Waals surface area contributed by atoms with Crippen molar-refractivity contribution in [3.63, 3.8) is 0 Å². The fourth-order valence-corrected chi connectivity index (χ4v) is 4.39. The lowest BCUT2D eigenvalue weighted by Gasteiger charge is -2.30. The van der Waals surface area contributed by atoms with Crippen LogP contribution in [0.1, 0.15) is 33.6 Å². The van der Waals surface area contributed by atoms with Crippen molar-refractivity contribution in [3.8, 4) is 5.75 Å². The van der Waals surface area contributed by atoms with E-state index < -0.39 is 40.1 Å². The van der Waals surface area contributed by atoms with E-state index in [2.05, 4.69) is 0 Å². The zero-order chi connectivity index (χ0) is 20.9. The van der Waals surface area contributed by atoms with E-state index in [-0.39, 0.29) is 11.4 Å². The zero-order valence-electron chi connectivity index (χ0n) is 16.6. The molecular formula is C19H27NO7S. The molecule has 1 atom stereocenters. The number of nitrogens with zero attached hydrogens (tertiary/aromatic N) is 1. The highest BCUT2D eigenvalue weighted by molar-refractivity contribution is 7.89. The molecule has 2 rings (SSSR count). The molecule has 28 heavy (non-hydrogen) atoms. The number of ether oxygens (including phenoxy) is 3. The van der Waals surface area contributed by atoms with Crippen LogP contribution < -0.4 is 4.74 Å². The second kappa shape index (κ2) is 8.91. The summed E-state index contributed by atoms with van der Waals surface area (Å²) in [7, 11) is -2.23. The average Bonchev–Trinajstić information content (AvgIpc) is 2.65. The number of hydrogen-bond acceptors (Lipinski definition) is 7. The number of hydrogen-bond donors (Lipinski definition) is 0. The predicted octanol–water partition coefficient (Wildman–Crippen LogP) is 1.98. The Morgan fingerprint density at radius 3 is 2.39 bits per heavy atom. The van der Waals surface area contributed by atoms with Crippen LogP contribution in [0, 0.1) is 5.92 Å². The third-order valence-electron chi connectivity index (χ3n) is 4.17. The molecule has 0 amide bonds. The molecule has 1 fully saturated rings. The quantitative estimate of drug-likeness (QED) is 0.658. The van der Waals surface area contributed by atoms with Crippen LogP contribution in [0.3, 0.4) is 0 Å². The molecule has 1 heterocycles. The summed E-state index contributed by atoms with van der Waals surface area (Å²) >= 11 is 0. The molecule has 0 radical (unpaired) electrons. The highest BCUT2D eigenvalue weighted by atomic mass is 32.2. The molecule has 9 heteroatoms. The maximum absolute atomic E-state index is 12.8. The Morgan fingerprint density at radius 1 is 1.18 bits per heavy atom. The van der Waals surface area contributed by atoms with Crippen molar-refractivity contribution < 1.29 is 32.2 Å². The normalized spacial score (nSPS) is 18.4. The van der Waals surface area contributed by atoms with Gasteiger partial charge in [-0.2, -0.15) is 4.31 Å². The van der Waals surface area contributed by atoms with Crippen LogP contribution in [-0.2, 0) is 29.1 Å². The lowest BCUT2D eigenvalue weighted by atomic mass is 10.0. The Morgan fingerprint density at radius 2 is 1.82 bits per heavy atom. The fraction of sp³-hybridized carbons (Fsp3) is 0.579. The molecule has 0 N–H and O–H groups in total. The van der Waals surface area contributed by atoms with Crippen LogP contribution in [-0.4, -0.2) is 57.1 Å². The van der Waals surface area contributed by atoms with Gasteiger partial charge in [-0.25, -0.2) is 13.2 Å². The third kappa shape index (κ3) is 5.93. The van der Waals surface area contributed by atoms with Crippen molar-refractivity contribution in [1.82, 2.24) is 4.31 Å². The van der Waals surface area contributed by atoms with Gasteiger partial charge < -0.3 is 14.2 Å². The number of rotatable bonds is 6. The van der Waals surface area contributed by atoms with Crippen molar-refractivity contribution in [3.05, 3.63) is 24.3 Å². The topological polar surface area (TPSA) is 99.2 Å². The van der Waals surface area contributed by atoms with Gasteiger partial charge in [0.1, 0.15) is 11.4 Å². The van der Waals surface area contributed by atoms with Gasteiger partial charge >= 0.3 is 11.9 Å². The van der Waals surface area contributed by atoms with Gasteiger partial charge in [-0.3, -0.25) is 4.79 Å². The van der Waals surface area contributed by atoms with Crippen LogP contribution in [0.4, 0.5) is 0 Å². The van der Waals surface area contributed by atoms with Gasteiger partial charge in [0.25, 0.3) is 0 Å². The number of sulfonamides is 1. The first kappa shape index (κ1) is 22.2. The number of piperidine rings is 1. The van der Waals surface area contributed by atoms with Gasteiger partial charge in [0, 0.05) is 13.1 Å². The first-order valence-electron chi connectivity index (χ1n) is 9.05. The van der Waals surface area contributed by atoms with Crippen LogP contribution in [0.25, 0.3) is 0 Å². The molecule has 1 aliphatic rings. The van der Waals surface area contributed by atoms with E-state index in [1.165, 1.54) is 23.5 Å². The van der Waals surface area contributed by atoms with Crippen LogP contribution in [0.5, 0.6) is 5.75 Å². The summed E-state index contributed by atoms with van der Waals surface area (Å²) < 4.78 is 42.1. The number of esters is 2. The Labute approximate surface area is 165 Å². The summed E-state index contributed by atoms with van der Waals surface area (Å²) in [4.78, 5) is 24.1. The van der Waals surface area contributed by atoms with Crippen LogP contribution in [0.15, 0.2) is 29.2 Å². The second-order valence-corrected chi connectivity index (χ2v) is 9.51. The lowest BCUT2D eigenvalue weighted by molar-refractivity contribution is -0.168. The van der Waals surface area contributed by atoms with Crippen molar-refractivity contribution in [2.45, 2.75) is 44.1 Å². The predicted molar refractivity (Wildman–Crippen MR) is 101 cm³/mol. The first-order chi connectivity index (χ1) is 13.0. The molecule has 0 spiro atoms. The maximum atomic E-state index is 12.8. The van der Waals surface area contributed by atoms with E-state index in [1.807, 2.05) is 0 Å². The Kier molecular flexibility index (Phi) is 7.06. The molecule has 0 bridgehead atoms. The van der Waals surface area contributed by atoms with E-state index in [9.17, 15) is 18.0 Å². The third-order valence-corrected chi connectivity index (χ3v) is 6.05. The largest absolute Gasteiger partial charge is 0.497 e. The number of methoxy groups -OCH3 is 1. The van der Waals surface area contributed by atoms with Crippen molar-refractivity contribution in [2.75, 3.05) is 26.8 Å². The Hall–Kier alpha value is -2.13. The average molecular weight is 413 g/mol. The molecule has 1 unspecified atom stereocenters. The standard InChI is InChI=1S/C19H27NO7S/c1-19(2,3)27-17(21)13-26-18(22)14-6-5-11-20(12-14)28(23,24)16-9-7-15(25-4)8-10-16/h7-10,14H,5-6,11-13H2,1-4H3. The molecule has 8 nitrogen and oxygen atoms in total. The molecule has 1 aromatic rings. The van der Waals surface area contributed by atoms with E-state index in [0.29, 0.717) is 25.1 Å². The smallest absolute Gasteiger partial charge is 0.344 e. The molecule has 156 valence electrons. The minimum atomic E-state index is -3.73. The number of carbonyl (C=O) groups excluding carboxylic acids is 2. The fourth-order valence-electron chi connectivity index (χ4n) is 2.87. The van der Waals surface area contributed by atoms with Gasteiger partial charge in [-0.1, -0.05) is 0 Å². The van der Waals surface area contributed by atoms with Crippen LogP contribution >= 0.6 is 0 Å². The van der Waals surface area contributed by atoms with Gasteiger partial charge in [-0.05, 0) is 57.9 Å². The zero-order valence-corrected chi connectivity index (χ0v) is 17.5. The maximum Gasteiger partial charge on any atom is 0.344 e. The first-order valence-corrected chi connectivity index (χ1v) is 10.5. The molecular weight excluding hydrogens is 386 g/mol. The molecule has 0 aromatic heterocycles.